The Balaban J connectivity index is 1.95. The van der Waals surface area contributed by atoms with Crippen LogP contribution >= 0.6 is 15.9 Å². The number of fused-ring (bicyclic) bond motifs is 1. The number of ketones is 1. The summed E-state index contributed by atoms with van der Waals surface area (Å²) in [6.07, 6.45) is 4.69. The number of hydrogen-bond donors (Lipinski definition) is 0. The number of carbonyl (C=O) groups is 1. The number of pyridine rings is 1. The third-order valence-corrected chi connectivity index (χ3v) is 4.57. The van der Waals surface area contributed by atoms with E-state index in [1.807, 2.05) is 24.3 Å². The Morgan fingerprint density at radius 2 is 2.24 bits per heavy atom. The zero-order valence-electron chi connectivity index (χ0n) is 11.8. The molecule has 1 unspecified atom stereocenters. The second kappa shape index (κ2) is 5.98. The highest BCUT2D eigenvalue weighted by Crippen LogP contribution is 2.34. The molecule has 0 saturated carbocycles. The summed E-state index contributed by atoms with van der Waals surface area (Å²) < 4.78 is 6.01. The molecule has 108 valence electrons. The van der Waals surface area contributed by atoms with Gasteiger partial charge in [0.05, 0.1) is 23.2 Å². The Hall–Kier alpha value is -1.68. The molecule has 1 aliphatic rings. The maximum atomic E-state index is 12.8. The van der Waals surface area contributed by atoms with Crippen LogP contribution in [0.15, 0.2) is 41.0 Å². The van der Waals surface area contributed by atoms with Gasteiger partial charge in [-0.15, -0.1) is 0 Å². The van der Waals surface area contributed by atoms with Crippen LogP contribution in [0.4, 0.5) is 0 Å². The number of aryl methyl sites for hydroxylation is 1. The van der Waals surface area contributed by atoms with Crippen molar-refractivity contribution < 1.29 is 9.53 Å². The molecule has 1 aliphatic carbocycles. The van der Waals surface area contributed by atoms with Crippen LogP contribution < -0.4 is 4.74 Å². The molecule has 0 amide bonds. The van der Waals surface area contributed by atoms with E-state index in [2.05, 4.69) is 27.0 Å². The van der Waals surface area contributed by atoms with Crippen molar-refractivity contribution in [2.45, 2.75) is 25.2 Å². The largest absolute Gasteiger partial charge is 0.496 e. The van der Waals surface area contributed by atoms with Gasteiger partial charge in [0.15, 0.2) is 5.78 Å². The monoisotopic (exact) mass is 345 g/mol. The van der Waals surface area contributed by atoms with E-state index in [0.717, 1.165) is 35.2 Å². The molecule has 0 N–H and O–H groups in total. The van der Waals surface area contributed by atoms with Crippen molar-refractivity contribution in [1.82, 2.24) is 4.98 Å². The summed E-state index contributed by atoms with van der Waals surface area (Å²) in [4.78, 5) is 17.3. The number of Topliss-reactive ketones (excluding diaryl/α,β-unsaturated/α-hetero) is 1. The highest BCUT2D eigenvalue weighted by molar-refractivity contribution is 9.10. The molecular weight excluding hydrogens is 330 g/mol. The van der Waals surface area contributed by atoms with E-state index in [4.69, 9.17) is 4.74 Å². The third-order valence-electron chi connectivity index (χ3n) is 3.95. The first-order valence-corrected chi connectivity index (χ1v) is 7.81. The number of nitrogens with zero attached hydrogens (tertiary/aromatic N) is 1. The van der Waals surface area contributed by atoms with Crippen LogP contribution in [-0.2, 0) is 6.42 Å². The van der Waals surface area contributed by atoms with Gasteiger partial charge in [0.2, 0.25) is 0 Å². The Morgan fingerprint density at radius 1 is 1.38 bits per heavy atom. The summed E-state index contributed by atoms with van der Waals surface area (Å²) in [5.74, 6) is 0.738. The standard InChI is InChI=1S/C17H16BrNO2/c1-21-15-8-7-12(10-14(15)18)17(20)13-6-2-4-11-5-3-9-19-16(11)13/h3,5,7-10,13H,2,4,6H2,1H3. The molecule has 1 aromatic heterocycles. The molecule has 0 fully saturated rings. The van der Waals surface area contributed by atoms with Gasteiger partial charge in [0, 0.05) is 11.8 Å². The van der Waals surface area contributed by atoms with E-state index in [1.54, 1.807) is 13.3 Å². The Labute approximate surface area is 132 Å². The van der Waals surface area contributed by atoms with E-state index < -0.39 is 0 Å². The lowest BCUT2D eigenvalue weighted by atomic mass is 9.82. The van der Waals surface area contributed by atoms with Gasteiger partial charge in [-0.05, 0) is 65.0 Å². The van der Waals surface area contributed by atoms with Crippen molar-refractivity contribution in [2.75, 3.05) is 7.11 Å². The van der Waals surface area contributed by atoms with Crippen LogP contribution in [0, 0.1) is 0 Å². The van der Waals surface area contributed by atoms with Gasteiger partial charge in [-0.25, -0.2) is 0 Å². The maximum Gasteiger partial charge on any atom is 0.171 e. The molecule has 3 rings (SSSR count). The molecule has 0 aliphatic heterocycles. The van der Waals surface area contributed by atoms with Crippen LogP contribution in [0.5, 0.6) is 5.75 Å². The van der Waals surface area contributed by atoms with Gasteiger partial charge < -0.3 is 4.74 Å². The second-order valence-electron chi connectivity index (χ2n) is 5.21. The lowest BCUT2D eigenvalue weighted by Gasteiger charge is -2.23. The normalized spacial score (nSPS) is 17.1. The van der Waals surface area contributed by atoms with Crippen molar-refractivity contribution in [3.05, 3.63) is 57.8 Å². The molecule has 1 aromatic carbocycles. The summed E-state index contributed by atoms with van der Waals surface area (Å²) in [6, 6.07) is 9.49. The van der Waals surface area contributed by atoms with Gasteiger partial charge in [-0.2, -0.15) is 0 Å². The van der Waals surface area contributed by atoms with Crippen LogP contribution in [0.2, 0.25) is 0 Å². The van der Waals surface area contributed by atoms with Crippen molar-refractivity contribution >= 4 is 21.7 Å². The van der Waals surface area contributed by atoms with Crippen LogP contribution in [0.3, 0.4) is 0 Å². The zero-order valence-corrected chi connectivity index (χ0v) is 13.4. The van der Waals surface area contributed by atoms with E-state index in [-0.39, 0.29) is 11.7 Å². The van der Waals surface area contributed by atoms with Crippen LogP contribution in [0.25, 0.3) is 0 Å². The predicted octanol–water partition coefficient (Wildman–Crippen LogP) is 4.16. The number of methoxy groups -OCH3 is 1. The molecule has 0 saturated heterocycles. The molecule has 1 atom stereocenters. The van der Waals surface area contributed by atoms with Crippen molar-refractivity contribution in [1.29, 1.82) is 0 Å². The smallest absolute Gasteiger partial charge is 0.171 e. The highest BCUT2D eigenvalue weighted by Gasteiger charge is 2.28. The minimum Gasteiger partial charge on any atom is -0.496 e. The highest BCUT2D eigenvalue weighted by atomic mass is 79.9. The lowest BCUT2D eigenvalue weighted by Crippen LogP contribution is -2.20. The van der Waals surface area contributed by atoms with Crippen molar-refractivity contribution in [3.63, 3.8) is 0 Å². The van der Waals surface area contributed by atoms with E-state index in [1.165, 1.54) is 5.56 Å². The summed E-state index contributed by atoms with van der Waals surface area (Å²) >= 11 is 3.44. The molecular formula is C17H16BrNO2. The molecule has 2 aromatic rings. The molecule has 21 heavy (non-hydrogen) atoms. The summed E-state index contributed by atoms with van der Waals surface area (Å²) in [6.45, 7) is 0. The van der Waals surface area contributed by atoms with E-state index >= 15 is 0 Å². The second-order valence-corrected chi connectivity index (χ2v) is 6.06. The number of rotatable bonds is 3. The van der Waals surface area contributed by atoms with E-state index in [0.29, 0.717) is 5.56 Å². The first-order chi connectivity index (χ1) is 10.2. The third kappa shape index (κ3) is 2.72. The molecule has 0 radical (unpaired) electrons. The van der Waals surface area contributed by atoms with E-state index in [9.17, 15) is 4.79 Å². The predicted molar refractivity (Wildman–Crippen MR) is 84.9 cm³/mol. The zero-order chi connectivity index (χ0) is 14.8. The van der Waals surface area contributed by atoms with Gasteiger partial charge in [0.1, 0.15) is 5.75 Å². The Bertz CT molecular complexity index is 684. The van der Waals surface area contributed by atoms with Crippen LogP contribution in [0.1, 0.15) is 40.4 Å². The molecule has 4 heteroatoms. The van der Waals surface area contributed by atoms with Crippen molar-refractivity contribution in [2.24, 2.45) is 0 Å². The fraction of sp³-hybridized carbons (Fsp3) is 0.294. The average Bonchev–Trinajstić information content (AvgIpc) is 2.53. The number of halogens is 1. The number of hydrogen-bond acceptors (Lipinski definition) is 3. The fourth-order valence-electron chi connectivity index (χ4n) is 2.89. The van der Waals surface area contributed by atoms with Gasteiger partial charge >= 0.3 is 0 Å². The van der Waals surface area contributed by atoms with Gasteiger partial charge in [-0.3, -0.25) is 9.78 Å². The topological polar surface area (TPSA) is 39.2 Å². The quantitative estimate of drug-likeness (QED) is 0.784. The molecule has 1 heterocycles. The lowest BCUT2D eigenvalue weighted by molar-refractivity contribution is 0.0949. The summed E-state index contributed by atoms with van der Waals surface area (Å²) in [5, 5.41) is 0. The number of benzene rings is 1. The number of carbonyl (C=O) groups excluding carboxylic acids is 1. The van der Waals surface area contributed by atoms with Gasteiger partial charge in [-0.1, -0.05) is 6.07 Å². The molecule has 3 nitrogen and oxygen atoms in total. The number of ether oxygens (including phenoxy) is 1. The SMILES string of the molecule is COc1ccc(C(=O)C2CCCc3cccnc32)cc1Br. The molecule has 0 spiro atoms. The average molecular weight is 346 g/mol. The van der Waals surface area contributed by atoms with Gasteiger partial charge in [0.25, 0.3) is 0 Å². The summed E-state index contributed by atoms with van der Waals surface area (Å²) in [7, 11) is 1.61. The Kier molecular flexibility index (Phi) is 4.06. The first kappa shape index (κ1) is 14.3. The maximum absolute atomic E-state index is 12.8. The Morgan fingerprint density at radius 3 is 3.00 bits per heavy atom. The first-order valence-electron chi connectivity index (χ1n) is 7.02. The summed E-state index contributed by atoms with van der Waals surface area (Å²) in [5.41, 5.74) is 2.85. The van der Waals surface area contributed by atoms with Crippen LogP contribution in [-0.4, -0.2) is 17.9 Å². The minimum absolute atomic E-state index is 0.129. The van der Waals surface area contributed by atoms with Crippen molar-refractivity contribution in [3.8, 4) is 5.75 Å². The minimum atomic E-state index is -0.129. The number of aromatic nitrogens is 1. The molecule has 0 bridgehead atoms. The fourth-order valence-corrected chi connectivity index (χ4v) is 3.43.